The monoisotopic (exact) mass is 575 g/mol. The molecule has 5 nitrogen and oxygen atoms in total. The third kappa shape index (κ3) is 8.22. The van der Waals surface area contributed by atoms with Gasteiger partial charge in [0, 0.05) is 25.8 Å². The van der Waals surface area contributed by atoms with Crippen molar-refractivity contribution in [3.05, 3.63) is 137 Å². The number of benzene rings is 4. The molecule has 0 radical (unpaired) electrons. The molecule has 4 rings (SSSR count). The van der Waals surface area contributed by atoms with Crippen LogP contribution in [0.1, 0.15) is 46.6 Å². The summed E-state index contributed by atoms with van der Waals surface area (Å²) in [4.78, 5) is 26.6. The van der Waals surface area contributed by atoms with E-state index in [2.05, 4.69) is 0 Å². The maximum Gasteiger partial charge on any atom is 0.416 e. The number of rotatable bonds is 12. The van der Waals surface area contributed by atoms with Gasteiger partial charge in [-0.3, -0.25) is 4.79 Å². The lowest BCUT2D eigenvalue weighted by atomic mass is 9.87. The first-order valence-electron chi connectivity index (χ1n) is 13.6. The SMILES string of the molecule is CN(C(=O)CCC(c1ccccc1)c1ccccc1)C(Cc1ccc(OCc2cccc(C(F)(F)F)c2)cc1)C(=O)O. The highest BCUT2D eigenvalue weighted by Crippen LogP contribution is 2.31. The number of nitrogens with zero attached hydrogens (tertiary/aromatic N) is 1. The minimum atomic E-state index is -4.43. The Morgan fingerprint density at radius 3 is 1.95 bits per heavy atom. The number of carbonyl (C=O) groups is 2. The normalized spacial score (nSPS) is 12.1. The maximum absolute atomic E-state index is 13.2. The van der Waals surface area contributed by atoms with Crippen LogP contribution in [0.5, 0.6) is 5.75 Å². The fraction of sp³-hybridized carbons (Fsp3) is 0.235. The summed E-state index contributed by atoms with van der Waals surface area (Å²) < 4.78 is 44.5. The van der Waals surface area contributed by atoms with E-state index in [1.165, 1.54) is 18.0 Å². The molecule has 1 amide bonds. The molecule has 4 aromatic carbocycles. The minimum absolute atomic E-state index is 0.00323. The number of halogens is 3. The first-order valence-corrected chi connectivity index (χ1v) is 13.6. The predicted molar refractivity (Wildman–Crippen MR) is 154 cm³/mol. The van der Waals surface area contributed by atoms with E-state index < -0.39 is 23.8 Å². The molecule has 0 spiro atoms. The molecule has 4 aromatic rings. The second kappa shape index (κ2) is 13.9. The number of carboxylic acid groups (broad SMARTS) is 1. The van der Waals surface area contributed by atoms with Crippen molar-refractivity contribution in [2.45, 2.75) is 44.0 Å². The summed E-state index contributed by atoms with van der Waals surface area (Å²) in [5.74, 6) is -0.949. The first-order chi connectivity index (χ1) is 20.1. The van der Waals surface area contributed by atoms with Crippen molar-refractivity contribution in [2.75, 3.05) is 7.05 Å². The molecule has 42 heavy (non-hydrogen) atoms. The predicted octanol–water partition coefficient (Wildman–Crippen LogP) is 7.35. The van der Waals surface area contributed by atoms with Gasteiger partial charge in [-0.1, -0.05) is 84.9 Å². The van der Waals surface area contributed by atoms with E-state index in [-0.39, 0.29) is 31.3 Å². The lowest BCUT2D eigenvalue weighted by Crippen LogP contribution is -2.43. The van der Waals surface area contributed by atoms with E-state index in [1.807, 2.05) is 60.7 Å². The number of ether oxygens (including phenoxy) is 1. The maximum atomic E-state index is 13.2. The van der Waals surface area contributed by atoms with Crippen LogP contribution in [0.3, 0.4) is 0 Å². The van der Waals surface area contributed by atoms with E-state index in [4.69, 9.17) is 4.74 Å². The molecule has 0 heterocycles. The molecular formula is C34H32F3NO4. The zero-order valence-corrected chi connectivity index (χ0v) is 23.1. The van der Waals surface area contributed by atoms with Crippen LogP contribution < -0.4 is 4.74 Å². The molecule has 0 aliphatic carbocycles. The summed E-state index contributed by atoms with van der Waals surface area (Å²) in [5.41, 5.74) is 2.49. The molecular weight excluding hydrogens is 543 g/mol. The summed E-state index contributed by atoms with van der Waals surface area (Å²) in [5, 5.41) is 9.93. The summed E-state index contributed by atoms with van der Waals surface area (Å²) in [6.07, 6.45) is -3.64. The summed E-state index contributed by atoms with van der Waals surface area (Å²) in [6, 6.07) is 30.3. The zero-order valence-electron chi connectivity index (χ0n) is 23.1. The average molecular weight is 576 g/mol. The van der Waals surface area contributed by atoms with Gasteiger partial charge in [-0.2, -0.15) is 13.2 Å². The van der Waals surface area contributed by atoms with E-state index in [0.29, 0.717) is 23.3 Å². The Hall–Kier alpha value is -4.59. The van der Waals surface area contributed by atoms with Crippen LogP contribution in [0.4, 0.5) is 13.2 Å². The average Bonchev–Trinajstić information content (AvgIpc) is 2.99. The Bertz CT molecular complexity index is 1420. The highest BCUT2D eigenvalue weighted by Gasteiger charge is 2.30. The van der Waals surface area contributed by atoms with Crippen molar-refractivity contribution in [3.8, 4) is 5.75 Å². The van der Waals surface area contributed by atoms with Crippen molar-refractivity contribution in [2.24, 2.45) is 0 Å². The van der Waals surface area contributed by atoms with Crippen LogP contribution in [0.2, 0.25) is 0 Å². The third-order valence-corrected chi connectivity index (χ3v) is 7.21. The lowest BCUT2D eigenvalue weighted by molar-refractivity contribution is -0.149. The van der Waals surface area contributed by atoms with E-state index in [1.54, 1.807) is 30.3 Å². The third-order valence-electron chi connectivity index (χ3n) is 7.21. The number of amides is 1. The molecule has 0 aliphatic rings. The summed E-state index contributed by atoms with van der Waals surface area (Å²) in [7, 11) is 1.51. The minimum Gasteiger partial charge on any atom is -0.489 e. The van der Waals surface area contributed by atoms with Crippen LogP contribution in [0.25, 0.3) is 0 Å². The van der Waals surface area contributed by atoms with Crippen molar-refractivity contribution < 1.29 is 32.6 Å². The highest BCUT2D eigenvalue weighted by molar-refractivity contribution is 5.83. The number of carbonyl (C=O) groups excluding carboxylic acids is 1. The van der Waals surface area contributed by atoms with Gasteiger partial charge in [0.05, 0.1) is 5.56 Å². The van der Waals surface area contributed by atoms with Gasteiger partial charge in [-0.25, -0.2) is 4.79 Å². The van der Waals surface area contributed by atoms with Gasteiger partial charge in [0.2, 0.25) is 5.91 Å². The fourth-order valence-electron chi connectivity index (χ4n) is 4.85. The highest BCUT2D eigenvalue weighted by atomic mass is 19.4. The Morgan fingerprint density at radius 2 is 1.40 bits per heavy atom. The number of hydrogen-bond donors (Lipinski definition) is 1. The Morgan fingerprint density at radius 1 is 0.810 bits per heavy atom. The number of alkyl halides is 3. The first kappa shape index (κ1) is 30.4. The molecule has 218 valence electrons. The second-order valence-corrected chi connectivity index (χ2v) is 10.1. The van der Waals surface area contributed by atoms with Gasteiger partial charge in [-0.15, -0.1) is 0 Å². The van der Waals surface area contributed by atoms with Crippen LogP contribution in [-0.4, -0.2) is 35.0 Å². The van der Waals surface area contributed by atoms with Gasteiger partial charge in [0.15, 0.2) is 0 Å². The molecule has 0 aromatic heterocycles. The second-order valence-electron chi connectivity index (χ2n) is 10.1. The largest absolute Gasteiger partial charge is 0.489 e. The van der Waals surface area contributed by atoms with Gasteiger partial charge < -0.3 is 14.7 Å². The smallest absolute Gasteiger partial charge is 0.416 e. The zero-order chi connectivity index (χ0) is 30.1. The fourth-order valence-corrected chi connectivity index (χ4v) is 4.85. The van der Waals surface area contributed by atoms with Gasteiger partial charge in [0.25, 0.3) is 0 Å². The van der Waals surface area contributed by atoms with Crippen LogP contribution >= 0.6 is 0 Å². The molecule has 0 saturated heterocycles. The van der Waals surface area contributed by atoms with Crippen molar-refractivity contribution in [3.63, 3.8) is 0 Å². The molecule has 8 heteroatoms. The quantitative estimate of drug-likeness (QED) is 0.192. The molecule has 1 N–H and O–H groups in total. The number of aliphatic carboxylic acids is 1. The van der Waals surface area contributed by atoms with E-state index in [0.717, 1.165) is 23.3 Å². The van der Waals surface area contributed by atoms with Crippen molar-refractivity contribution in [1.82, 2.24) is 4.90 Å². The molecule has 0 aliphatic heterocycles. The number of carboxylic acids is 1. The Kier molecular flexibility index (Phi) is 10.0. The van der Waals surface area contributed by atoms with Gasteiger partial charge in [0.1, 0.15) is 18.4 Å². The molecule has 1 atom stereocenters. The standard InChI is InChI=1S/C34H32F3NO4/c1-38(32(39)20-19-30(26-10-4-2-5-11-26)27-12-6-3-7-13-27)31(33(40)41)22-24-15-17-29(18-16-24)42-23-25-9-8-14-28(21-25)34(35,36)37/h2-18,21,30-31H,19-20,22-23H2,1H3,(H,40,41). The lowest BCUT2D eigenvalue weighted by Gasteiger charge is -2.26. The summed E-state index contributed by atoms with van der Waals surface area (Å²) >= 11 is 0. The van der Waals surface area contributed by atoms with Crippen LogP contribution in [0.15, 0.2) is 109 Å². The van der Waals surface area contributed by atoms with Crippen molar-refractivity contribution in [1.29, 1.82) is 0 Å². The molecule has 0 saturated carbocycles. The van der Waals surface area contributed by atoms with Crippen molar-refractivity contribution >= 4 is 11.9 Å². The Balaban J connectivity index is 1.36. The van der Waals surface area contributed by atoms with Crippen LogP contribution in [-0.2, 0) is 28.8 Å². The topological polar surface area (TPSA) is 66.8 Å². The van der Waals surface area contributed by atoms with Gasteiger partial charge in [-0.05, 0) is 52.9 Å². The van der Waals surface area contributed by atoms with E-state index in [9.17, 15) is 27.9 Å². The summed E-state index contributed by atoms with van der Waals surface area (Å²) in [6.45, 7) is -0.0504. The molecule has 0 bridgehead atoms. The molecule has 1 unspecified atom stereocenters. The Labute approximate surface area is 243 Å². The van der Waals surface area contributed by atoms with Gasteiger partial charge >= 0.3 is 12.1 Å². The van der Waals surface area contributed by atoms with E-state index >= 15 is 0 Å². The number of likely N-dealkylation sites (N-methyl/N-ethyl adjacent to an activating group) is 1. The van der Waals surface area contributed by atoms with Crippen LogP contribution in [0, 0.1) is 0 Å². The molecule has 0 fully saturated rings. The number of hydrogen-bond acceptors (Lipinski definition) is 3.